The Morgan fingerprint density at radius 3 is 2.22 bits per heavy atom. The van der Waals surface area contributed by atoms with Crippen LogP contribution in [0.15, 0.2) is 60.2 Å². The van der Waals surface area contributed by atoms with E-state index in [-0.39, 0.29) is 24.3 Å². The van der Waals surface area contributed by atoms with Crippen molar-refractivity contribution in [2.45, 2.75) is 12.5 Å². The molecule has 1 amide bonds. The molecule has 138 valence electrons. The number of carbonyl (C=O) groups is 3. The fourth-order valence-electron chi connectivity index (χ4n) is 3.07. The molecule has 7 heteroatoms. The molecular weight excluding hydrogens is 370 g/mol. The molecule has 3 rings (SSSR count). The van der Waals surface area contributed by atoms with Crippen molar-refractivity contribution in [2.24, 2.45) is 0 Å². The molecule has 1 aliphatic rings. The van der Waals surface area contributed by atoms with Crippen molar-refractivity contribution < 1.29 is 24.6 Å². The summed E-state index contributed by atoms with van der Waals surface area (Å²) in [5.74, 6) is -3.07. The number of aliphatic carboxylic acids is 1. The molecule has 1 aliphatic heterocycles. The van der Waals surface area contributed by atoms with Crippen LogP contribution in [0.4, 0.5) is 0 Å². The minimum absolute atomic E-state index is 0.0705. The third-order valence-electron chi connectivity index (χ3n) is 4.34. The lowest BCUT2D eigenvalue weighted by Gasteiger charge is -2.24. The van der Waals surface area contributed by atoms with Crippen LogP contribution in [0, 0.1) is 0 Å². The predicted molar refractivity (Wildman–Crippen MR) is 99.2 cm³/mol. The van der Waals surface area contributed by atoms with Gasteiger partial charge in [0.2, 0.25) is 0 Å². The van der Waals surface area contributed by atoms with Crippen molar-refractivity contribution in [3.63, 3.8) is 0 Å². The first-order valence-electron chi connectivity index (χ1n) is 8.21. The van der Waals surface area contributed by atoms with Gasteiger partial charge in [0.25, 0.3) is 11.7 Å². The molecule has 6 nitrogen and oxygen atoms in total. The average Bonchev–Trinajstić information content (AvgIpc) is 2.91. The van der Waals surface area contributed by atoms with E-state index in [1.165, 1.54) is 4.90 Å². The summed E-state index contributed by atoms with van der Waals surface area (Å²) in [6.07, 6.45) is -0.317. The lowest BCUT2D eigenvalue weighted by molar-refractivity contribution is -0.142. The molecule has 2 N–H and O–H groups in total. The van der Waals surface area contributed by atoms with E-state index in [0.717, 1.165) is 0 Å². The molecule has 1 atom stereocenters. The Morgan fingerprint density at radius 2 is 1.63 bits per heavy atom. The number of likely N-dealkylation sites (tertiary alicyclic amines) is 1. The minimum atomic E-state index is -1.09. The molecule has 27 heavy (non-hydrogen) atoms. The maximum atomic E-state index is 12.6. The van der Waals surface area contributed by atoms with Crippen molar-refractivity contribution in [3.05, 3.63) is 76.3 Å². The SMILES string of the molecule is O=C(O)CCN1C(=O)C(=O)/C(=C(\O)c2ccccc2)C1c1ccc(Cl)cc1. The van der Waals surface area contributed by atoms with Gasteiger partial charge in [-0.3, -0.25) is 14.4 Å². The second-order valence-corrected chi connectivity index (χ2v) is 6.49. The van der Waals surface area contributed by atoms with Gasteiger partial charge in [-0.2, -0.15) is 0 Å². The Bertz CT molecular complexity index is 921. The maximum absolute atomic E-state index is 12.6. The molecule has 0 bridgehead atoms. The lowest BCUT2D eigenvalue weighted by atomic mass is 9.95. The van der Waals surface area contributed by atoms with Crippen LogP contribution in [-0.4, -0.2) is 39.3 Å². The van der Waals surface area contributed by atoms with E-state index in [9.17, 15) is 19.5 Å². The Kier molecular flexibility index (Phi) is 5.28. The minimum Gasteiger partial charge on any atom is -0.507 e. The number of hydrogen-bond donors (Lipinski definition) is 2. The summed E-state index contributed by atoms with van der Waals surface area (Å²) in [4.78, 5) is 37.3. The van der Waals surface area contributed by atoms with Crippen molar-refractivity contribution in [1.29, 1.82) is 0 Å². The first-order valence-corrected chi connectivity index (χ1v) is 8.59. The molecule has 0 aromatic heterocycles. The second-order valence-electron chi connectivity index (χ2n) is 6.05. The largest absolute Gasteiger partial charge is 0.507 e. The number of halogens is 1. The third kappa shape index (κ3) is 3.71. The topological polar surface area (TPSA) is 94.9 Å². The highest BCUT2D eigenvalue weighted by Gasteiger charge is 2.45. The number of ketones is 1. The lowest BCUT2D eigenvalue weighted by Crippen LogP contribution is -2.31. The highest BCUT2D eigenvalue weighted by molar-refractivity contribution is 6.46. The number of carboxylic acid groups (broad SMARTS) is 1. The molecule has 0 spiro atoms. The maximum Gasteiger partial charge on any atom is 0.305 e. The number of hydrogen-bond acceptors (Lipinski definition) is 4. The van der Waals surface area contributed by atoms with Crippen LogP contribution in [-0.2, 0) is 14.4 Å². The summed E-state index contributed by atoms with van der Waals surface area (Å²) in [6, 6.07) is 14.0. The quantitative estimate of drug-likeness (QED) is 0.468. The molecule has 2 aromatic carbocycles. The van der Waals surface area contributed by atoms with Gasteiger partial charge in [0.1, 0.15) is 5.76 Å². The first-order chi connectivity index (χ1) is 12.9. The first kappa shape index (κ1) is 18.7. The number of nitrogens with zero attached hydrogens (tertiary/aromatic N) is 1. The predicted octanol–water partition coefficient (Wildman–Crippen LogP) is 3.24. The van der Waals surface area contributed by atoms with E-state index in [2.05, 4.69) is 0 Å². The molecule has 1 fully saturated rings. The summed E-state index contributed by atoms with van der Waals surface area (Å²) in [7, 11) is 0. The number of benzene rings is 2. The highest BCUT2D eigenvalue weighted by Crippen LogP contribution is 2.39. The van der Waals surface area contributed by atoms with Gasteiger partial charge >= 0.3 is 5.97 Å². The van der Waals surface area contributed by atoms with Gasteiger partial charge < -0.3 is 15.1 Å². The molecular formula is C20H16ClNO5. The smallest absolute Gasteiger partial charge is 0.305 e. The van der Waals surface area contributed by atoms with Gasteiger partial charge in [0, 0.05) is 17.1 Å². The van der Waals surface area contributed by atoms with Crippen LogP contribution < -0.4 is 0 Å². The Morgan fingerprint density at radius 1 is 1.00 bits per heavy atom. The Labute approximate surface area is 160 Å². The zero-order valence-electron chi connectivity index (χ0n) is 14.1. The summed E-state index contributed by atoms with van der Waals surface area (Å²) in [6.45, 7) is -0.154. The molecule has 1 saturated heterocycles. The molecule has 2 aromatic rings. The molecule has 0 saturated carbocycles. The van der Waals surface area contributed by atoms with E-state index in [1.54, 1.807) is 54.6 Å². The molecule has 0 aliphatic carbocycles. The number of carbonyl (C=O) groups excluding carboxylic acids is 2. The average molecular weight is 386 g/mol. The van der Waals surface area contributed by atoms with Crippen LogP contribution in [0.25, 0.3) is 5.76 Å². The van der Waals surface area contributed by atoms with Gasteiger partial charge in [0.05, 0.1) is 18.0 Å². The van der Waals surface area contributed by atoms with Crippen molar-refractivity contribution in [3.8, 4) is 0 Å². The van der Waals surface area contributed by atoms with Gasteiger partial charge in [-0.15, -0.1) is 0 Å². The number of Topliss-reactive ketones (excluding diaryl/α,β-unsaturated/α-hetero) is 1. The van der Waals surface area contributed by atoms with Gasteiger partial charge in [-0.25, -0.2) is 0 Å². The number of carboxylic acids is 1. The normalized spacial score (nSPS) is 18.7. The number of amides is 1. The molecule has 0 radical (unpaired) electrons. The Balaban J connectivity index is 2.14. The van der Waals surface area contributed by atoms with E-state index in [1.807, 2.05) is 0 Å². The van der Waals surface area contributed by atoms with Crippen LogP contribution in [0.3, 0.4) is 0 Å². The van der Waals surface area contributed by atoms with E-state index < -0.39 is 23.7 Å². The van der Waals surface area contributed by atoms with Crippen molar-refractivity contribution in [2.75, 3.05) is 6.54 Å². The fourth-order valence-corrected chi connectivity index (χ4v) is 3.20. The van der Waals surface area contributed by atoms with E-state index >= 15 is 0 Å². The van der Waals surface area contributed by atoms with Gasteiger partial charge in [-0.05, 0) is 17.7 Å². The number of aliphatic hydroxyl groups is 1. The standard InChI is InChI=1S/C20H16ClNO5/c21-14-8-6-12(7-9-14)17-16(18(25)13-4-2-1-3-5-13)19(26)20(27)22(17)11-10-15(23)24/h1-9,17,25H,10-11H2,(H,23,24)/b18-16-. The van der Waals surface area contributed by atoms with Crippen LogP contribution in [0.1, 0.15) is 23.6 Å². The fraction of sp³-hybridized carbons (Fsp3) is 0.150. The van der Waals surface area contributed by atoms with E-state index in [4.69, 9.17) is 16.7 Å². The van der Waals surface area contributed by atoms with Crippen LogP contribution >= 0.6 is 11.6 Å². The van der Waals surface area contributed by atoms with Crippen molar-refractivity contribution >= 4 is 35.0 Å². The summed E-state index contributed by atoms with van der Waals surface area (Å²) < 4.78 is 0. The summed E-state index contributed by atoms with van der Waals surface area (Å²) in [5.41, 5.74) is 0.882. The van der Waals surface area contributed by atoms with Crippen LogP contribution in [0.5, 0.6) is 0 Å². The van der Waals surface area contributed by atoms with E-state index in [0.29, 0.717) is 16.1 Å². The summed E-state index contributed by atoms with van der Waals surface area (Å²) >= 11 is 5.92. The number of rotatable bonds is 5. The zero-order chi connectivity index (χ0) is 19.6. The molecule has 1 heterocycles. The Hall–Kier alpha value is -3.12. The van der Waals surface area contributed by atoms with Crippen molar-refractivity contribution in [1.82, 2.24) is 4.90 Å². The van der Waals surface area contributed by atoms with Gasteiger partial charge in [0.15, 0.2) is 0 Å². The zero-order valence-corrected chi connectivity index (χ0v) is 14.9. The summed E-state index contributed by atoms with van der Waals surface area (Å²) in [5, 5.41) is 20.2. The van der Waals surface area contributed by atoms with Crippen LogP contribution in [0.2, 0.25) is 5.02 Å². The second kappa shape index (κ2) is 7.63. The van der Waals surface area contributed by atoms with Gasteiger partial charge in [-0.1, -0.05) is 54.1 Å². The highest BCUT2D eigenvalue weighted by atomic mass is 35.5. The molecule has 1 unspecified atom stereocenters. The number of aliphatic hydroxyl groups excluding tert-OH is 1. The third-order valence-corrected chi connectivity index (χ3v) is 4.59. The monoisotopic (exact) mass is 385 g/mol.